The molecule has 6 nitrogen and oxygen atoms in total. The molecule has 22 heavy (non-hydrogen) atoms. The highest BCUT2D eigenvalue weighted by molar-refractivity contribution is 5.80. The van der Waals surface area contributed by atoms with Crippen LogP contribution in [0.1, 0.15) is 38.3 Å². The summed E-state index contributed by atoms with van der Waals surface area (Å²) in [7, 11) is 1.97. The molecule has 1 aromatic heterocycles. The Kier molecular flexibility index (Phi) is 5.21. The molecule has 2 rings (SSSR count). The van der Waals surface area contributed by atoms with Crippen LogP contribution >= 0.6 is 0 Å². The first-order valence-electron chi connectivity index (χ1n) is 7.98. The van der Waals surface area contributed by atoms with Crippen molar-refractivity contribution in [3.05, 3.63) is 24.3 Å². The molecule has 0 spiro atoms. The zero-order valence-corrected chi connectivity index (χ0v) is 14.3. The van der Waals surface area contributed by atoms with E-state index in [1.165, 1.54) is 12.8 Å². The summed E-state index contributed by atoms with van der Waals surface area (Å²) in [5.74, 6) is 2.73. The fourth-order valence-corrected chi connectivity index (χ4v) is 2.66. The summed E-state index contributed by atoms with van der Waals surface area (Å²) in [5.41, 5.74) is 0.387. The Morgan fingerprint density at radius 2 is 2.27 bits per heavy atom. The van der Waals surface area contributed by atoms with Crippen molar-refractivity contribution in [2.75, 3.05) is 19.6 Å². The van der Waals surface area contributed by atoms with Gasteiger partial charge in [-0.3, -0.25) is 0 Å². The molecule has 0 saturated carbocycles. The Morgan fingerprint density at radius 1 is 1.50 bits per heavy atom. The second kappa shape index (κ2) is 6.94. The van der Waals surface area contributed by atoms with Crippen LogP contribution in [0.2, 0.25) is 0 Å². The van der Waals surface area contributed by atoms with Crippen molar-refractivity contribution in [3.8, 4) is 0 Å². The molecule has 1 saturated heterocycles. The topological polar surface area (TPSA) is 58.3 Å². The highest BCUT2D eigenvalue weighted by Gasteiger charge is 2.33. The minimum atomic E-state index is 0.387. The molecular weight excluding hydrogens is 276 g/mol. The average Bonchev–Trinajstić information content (AvgIpc) is 3.05. The number of rotatable bonds is 5. The first kappa shape index (κ1) is 16.5. The van der Waals surface area contributed by atoms with E-state index >= 15 is 0 Å². The Morgan fingerprint density at radius 3 is 2.82 bits per heavy atom. The van der Waals surface area contributed by atoms with E-state index in [2.05, 4.69) is 40.8 Å². The predicted octanol–water partition coefficient (Wildman–Crippen LogP) is 1.88. The van der Waals surface area contributed by atoms with Crippen LogP contribution in [0.3, 0.4) is 0 Å². The number of likely N-dealkylation sites (tertiary alicyclic amines) is 1. The molecule has 2 heterocycles. The van der Waals surface area contributed by atoms with Gasteiger partial charge in [-0.1, -0.05) is 19.9 Å². The van der Waals surface area contributed by atoms with E-state index in [-0.39, 0.29) is 0 Å². The third kappa shape index (κ3) is 3.67. The number of hydrogen-bond donors (Lipinski definition) is 1. The van der Waals surface area contributed by atoms with Crippen LogP contribution in [0.5, 0.6) is 0 Å². The van der Waals surface area contributed by atoms with Gasteiger partial charge in [0.1, 0.15) is 12.4 Å². The van der Waals surface area contributed by atoms with Crippen LogP contribution in [-0.2, 0) is 13.6 Å². The van der Waals surface area contributed by atoms with Crippen LogP contribution in [0.25, 0.3) is 0 Å². The summed E-state index contributed by atoms with van der Waals surface area (Å²) in [6, 6.07) is 0. The maximum Gasteiger partial charge on any atom is 0.194 e. The van der Waals surface area contributed by atoms with Crippen LogP contribution < -0.4 is 5.32 Å². The molecule has 1 aliphatic rings. The van der Waals surface area contributed by atoms with Crippen molar-refractivity contribution >= 4 is 5.96 Å². The van der Waals surface area contributed by atoms with Gasteiger partial charge in [0.2, 0.25) is 0 Å². The van der Waals surface area contributed by atoms with E-state index in [1.54, 1.807) is 0 Å². The van der Waals surface area contributed by atoms with Gasteiger partial charge in [0.15, 0.2) is 11.8 Å². The van der Waals surface area contributed by atoms with Crippen LogP contribution in [0, 0.1) is 12.3 Å². The maximum absolute atomic E-state index is 4.75. The van der Waals surface area contributed by atoms with Crippen molar-refractivity contribution in [1.29, 1.82) is 0 Å². The third-order valence-corrected chi connectivity index (χ3v) is 4.67. The number of nitrogens with zero attached hydrogens (tertiary/aromatic N) is 5. The van der Waals surface area contributed by atoms with Gasteiger partial charge < -0.3 is 14.8 Å². The number of aliphatic imine (C=N–C) groups is 1. The van der Waals surface area contributed by atoms with Gasteiger partial charge in [0.25, 0.3) is 0 Å². The average molecular weight is 304 g/mol. The lowest BCUT2D eigenvalue weighted by atomic mass is 9.87. The van der Waals surface area contributed by atoms with E-state index in [4.69, 9.17) is 4.99 Å². The molecule has 0 aromatic carbocycles. The second-order valence-corrected chi connectivity index (χ2v) is 6.37. The maximum atomic E-state index is 4.75. The second-order valence-electron chi connectivity index (χ2n) is 6.37. The number of guanidine groups is 1. The van der Waals surface area contributed by atoms with Gasteiger partial charge in [-0.2, -0.15) is 0 Å². The summed E-state index contributed by atoms with van der Waals surface area (Å²) in [5, 5.41) is 11.6. The van der Waals surface area contributed by atoms with Gasteiger partial charge in [0, 0.05) is 26.7 Å². The molecule has 1 fully saturated rings. The zero-order chi connectivity index (χ0) is 16.2. The minimum absolute atomic E-state index is 0.387. The van der Waals surface area contributed by atoms with Crippen molar-refractivity contribution in [2.24, 2.45) is 17.5 Å². The van der Waals surface area contributed by atoms with Gasteiger partial charge in [-0.25, -0.2) is 4.99 Å². The van der Waals surface area contributed by atoms with Crippen molar-refractivity contribution < 1.29 is 0 Å². The van der Waals surface area contributed by atoms with E-state index in [9.17, 15) is 0 Å². The summed E-state index contributed by atoms with van der Waals surface area (Å²) in [6.45, 7) is 13.7. The SMILES string of the molecule is C=CCNC(=NCc1nnc(C)n1C)N1CCC(C)(CC)C1. The minimum Gasteiger partial charge on any atom is -0.353 e. The number of aromatic nitrogens is 3. The molecule has 1 N–H and O–H groups in total. The van der Waals surface area contributed by atoms with E-state index in [1.807, 2.05) is 24.6 Å². The molecule has 0 bridgehead atoms. The van der Waals surface area contributed by atoms with Gasteiger partial charge in [0.05, 0.1) is 0 Å². The first-order valence-corrected chi connectivity index (χ1v) is 7.98. The molecule has 122 valence electrons. The molecule has 0 aliphatic carbocycles. The van der Waals surface area contributed by atoms with E-state index < -0.39 is 0 Å². The van der Waals surface area contributed by atoms with Crippen molar-refractivity contribution in [3.63, 3.8) is 0 Å². The molecule has 1 aliphatic heterocycles. The molecule has 0 radical (unpaired) electrons. The highest BCUT2D eigenvalue weighted by Crippen LogP contribution is 2.32. The lowest BCUT2D eigenvalue weighted by Gasteiger charge is -2.25. The summed E-state index contributed by atoms with van der Waals surface area (Å²) >= 11 is 0. The van der Waals surface area contributed by atoms with E-state index in [0.717, 1.165) is 37.2 Å². The van der Waals surface area contributed by atoms with Crippen LogP contribution in [0.15, 0.2) is 17.6 Å². The molecule has 6 heteroatoms. The lowest BCUT2D eigenvalue weighted by Crippen LogP contribution is -2.41. The summed E-state index contributed by atoms with van der Waals surface area (Å²) in [6.07, 6.45) is 4.26. The summed E-state index contributed by atoms with van der Waals surface area (Å²) in [4.78, 5) is 7.09. The summed E-state index contributed by atoms with van der Waals surface area (Å²) < 4.78 is 1.98. The Balaban J connectivity index is 2.10. The smallest absolute Gasteiger partial charge is 0.194 e. The van der Waals surface area contributed by atoms with Gasteiger partial charge in [-0.05, 0) is 25.2 Å². The quantitative estimate of drug-likeness (QED) is 0.512. The molecule has 1 atom stereocenters. The first-order chi connectivity index (χ1) is 10.5. The fraction of sp³-hybridized carbons (Fsp3) is 0.688. The van der Waals surface area contributed by atoms with Gasteiger partial charge in [-0.15, -0.1) is 16.8 Å². The molecule has 0 amide bonds. The lowest BCUT2D eigenvalue weighted by molar-refractivity contribution is 0.322. The predicted molar refractivity (Wildman–Crippen MR) is 89.7 cm³/mol. The number of nitrogens with one attached hydrogen (secondary N) is 1. The molecule has 1 aromatic rings. The van der Waals surface area contributed by atoms with Gasteiger partial charge >= 0.3 is 0 Å². The largest absolute Gasteiger partial charge is 0.353 e. The van der Waals surface area contributed by atoms with Crippen LogP contribution in [-0.4, -0.2) is 45.3 Å². The molecule has 1 unspecified atom stereocenters. The Hall–Kier alpha value is -1.85. The Bertz CT molecular complexity index is 547. The number of aryl methyl sites for hydroxylation is 1. The molecular formula is C16H28N6. The van der Waals surface area contributed by atoms with Crippen molar-refractivity contribution in [1.82, 2.24) is 25.0 Å². The fourth-order valence-electron chi connectivity index (χ4n) is 2.66. The van der Waals surface area contributed by atoms with Crippen molar-refractivity contribution in [2.45, 2.75) is 40.2 Å². The normalized spacial score (nSPS) is 22.2. The highest BCUT2D eigenvalue weighted by atomic mass is 15.3. The van der Waals surface area contributed by atoms with Crippen LogP contribution in [0.4, 0.5) is 0 Å². The number of hydrogen-bond acceptors (Lipinski definition) is 3. The zero-order valence-electron chi connectivity index (χ0n) is 14.3. The third-order valence-electron chi connectivity index (χ3n) is 4.67. The monoisotopic (exact) mass is 304 g/mol. The van der Waals surface area contributed by atoms with E-state index in [0.29, 0.717) is 12.0 Å². The Labute approximate surface area is 133 Å². The standard InChI is InChI=1S/C16H28N6/c1-6-9-17-15(22-10-8-16(4,7-2)12-22)18-11-14-20-19-13(3)21(14)5/h6H,1,7-12H2,2-5H3,(H,17,18).